The van der Waals surface area contributed by atoms with Gasteiger partial charge in [-0.25, -0.2) is 4.39 Å². The van der Waals surface area contributed by atoms with Gasteiger partial charge in [-0.1, -0.05) is 30.3 Å². The van der Waals surface area contributed by atoms with Crippen molar-refractivity contribution in [3.63, 3.8) is 0 Å². The number of nitrogens with one attached hydrogen (secondary N) is 1. The number of halogens is 1. The topological polar surface area (TPSA) is 34.0 Å². The molecule has 1 heterocycles. The van der Waals surface area contributed by atoms with Crippen molar-refractivity contribution in [2.75, 3.05) is 5.32 Å². The fraction of sp³-hybridized carbons (Fsp3) is 0.150. The van der Waals surface area contributed by atoms with Gasteiger partial charge < -0.3 is 9.88 Å². The zero-order valence-electron chi connectivity index (χ0n) is 13.4. The first kappa shape index (κ1) is 16.0. The van der Waals surface area contributed by atoms with Gasteiger partial charge in [0, 0.05) is 18.1 Å². The van der Waals surface area contributed by atoms with E-state index in [1.807, 2.05) is 60.3 Å². The molecule has 0 aliphatic carbocycles. The maximum absolute atomic E-state index is 13.2. The Morgan fingerprint density at radius 1 is 1.04 bits per heavy atom. The molecule has 3 aromatic rings. The van der Waals surface area contributed by atoms with E-state index in [0.717, 1.165) is 16.8 Å². The first-order chi connectivity index (χ1) is 11.6. The lowest BCUT2D eigenvalue weighted by molar-refractivity contribution is -0.116. The normalized spacial score (nSPS) is 11.9. The number of carbonyl (C=O) groups is 1. The zero-order chi connectivity index (χ0) is 16.9. The first-order valence-corrected chi connectivity index (χ1v) is 7.87. The van der Waals surface area contributed by atoms with Crippen LogP contribution in [-0.4, -0.2) is 10.5 Å². The number of hydrogen-bond donors (Lipinski definition) is 1. The molecular formula is C20H19FN2O. The largest absolute Gasteiger partial charge is 0.346 e. The first-order valence-electron chi connectivity index (χ1n) is 7.87. The summed E-state index contributed by atoms with van der Waals surface area (Å²) >= 11 is 0. The summed E-state index contributed by atoms with van der Waals surface area (Å²) in [5.74, 6) is -0.360. The van der Waals surface area contributed by atoms with E-state index in [4.69, 9.17) is 0 Å². The number of para-hydroxylation sites is 1. The monoisotopic (exact) mass is 322 g/mol. The summed E-state index contributed by atoms with van der Waals surface area (Å²) < 4.78 is 15.2. The molecule has 0 saturated heterocycles. The van der Waals surface area contributed by atoms with Crippen molar-refractivity contribution in [2.45, 2.75) is 19.4 Å². The maximum atomic E-state index is 13.2. The van der Waals surface area contributed by atoms with Gasteiger partial charge in [0.05, 0.1) is 12.5 Å². The third kappa shape index (κ3) is 3.71. The molecule has 0 spiro atoms. The molecule has 2 aromatic carbocycles. The lowest BCUT2D eigenvalue weighted by Gasteiger charge is -2.19. The molecule has 0 bridgehead atoms. The lowest BCUT2D eigenvalue weighted by atomic mass is 10.0. The molecule has 24 heavy (non-hydrogen) atoms. The molecule has 122 valence electrons. The molecule has 4 heteroatoms. The highest BCUT2D eigenvalue weighted by molar-refractivity contribution is 5.92. The summed E-state index contributed by atoms with van der Waals surface area (Å²) in [6, 6.07) is 17.6. The van der Waals surface area contributed by atoms with Gasteiger partial charge in [-0.05, 0) is 48.4 Å². The molecule has 1 N–H and O–H groups in total. The van der Waals surface area contributed by atoms with Gasteiger partial charge in [0.1, 0.15) is 5.82 Å². The number of anilines is 1. The Hall–Kier alpha value is -2.88. The third-order valence-corrected chi connectivity index (χ3v) is 4.04. The Morgan fingerprint density at radius 3 is 2.38 bits per heavy atom. The minimum Gasteiger partial charge on any atom is -0.346 e. The van der Waals surface area contributed by atoms with E-state index < -0.39 is 0 Å². The molecule has 0 aliphatic rings. The fourth-order valence-corrected chi connectivity index (χ4v) is 2.73. The smallest absolute Gasteiger partial charge is 0.226 e. The van der Waals surface area contributed by atoms with Crippen molar-refractivity contribution in [1.29, 1.82) is 0 Å². The molecule has 0 aliphatic heterocycles. The number of nitrogens with zero attached hydrogens (tertiary/aromatic N) is 1. The van der Waals surface area contributed by atoms with E-state index in [1.165, 1.54) is 12.1 Å². The maximum Gasteiger partial charge on any atom is 0.226 e. The molecule has 1 aromatic heterocycles. The van der Waals surface area contributed by atoms with Gasteiger partial charge >= 0.3 is 0 Å². The second-order valence-electron chi connectivity index (χ2n) is 5.76. The summed E-state index contributed by atoms with van der Waals surface area (Å²) in [6.07, 6.45) is 4.10. The van der Waals surface area contributed by atoms with Crippen LogP contribution in [0.4, 0.5) is 10.1 Å². The van der Waals surface area contributed by atoms with Crippen LogP contribution in [0.2, 0.25) is 0 Å². The fourth-order valence-electron chi connectivity index (χ4n) is 2.73. The van der Waals surface area contributed by atoms with E-state index in [2.05, 4.69) is 5.32 Å². The molecule has 3 nitrogen and oxygen atoms in total. The number of hydrogen-bond acceptors (Lipinski definition) is 1. The molecule has 0 saturated carbocycles. The van der Waals surface area contributed by atoms with Crippen LogP contribution >= 0.6 is 0 Å². The predicted octanol–water partition coefficient (Wildman–Crippen LogP) is 4.55. The van der Waals surface area contributed by atoms with E-state index in [1.54, 1.807) is 12.1 Å². The molecule has 0 unspecified atom stereocenters. The minimum absolute atomic E-state index is 0.0766. The van der Waals surface area contributed by atoms with Gasteiger partial charge in [-0.15, -0.1) is 0 Å². The van der Waals surface area contributed by atoms with E-state index in [-0.39, 0.29) is 24.2 Å². The lowest BCUT2D eigenvalue weighted by Crippen LogP contribution is -2.20. The average molecular weight is 322 g/mol. The predicted molar refractivity (Wildman–Crippen MR) is 93.4 cm³/mol. The van der Waals surface area contributed by atoms with Crippen molar-refractivity contribution < 1.29 is 9.18 Å². The number of rotatable bonds is 5. The van der Waals surface area contributed by atoms with Gasteiger partial charge in [0.25, 0.3) is 0 Å². The van der Waals surface area contributed by atoms with E-state index >= 15 is 0 Å². The van der Waals surface area contributed by atoms with Crippen LogP contribution in [-0.2, 0) is 4.79 Å². The Labute approximate surface area is 140 Å². The van der Waals surface area contributed by atoms with Gasteiger partial charge in [-0.2, -0.15) is 0 Å². The minimum atomic E-state index is -0.283. The van der Waals surface area contributed by atoms with Gasteiger partial charge in [-0.3, -0.25) is 4.79 Å². The summed E-state index contributed by atoms with van der Waals surface area (Å²) in [5, 5.41) is 2.96. The number of aryl methyl sites for hydroxylation is 1. The van der Waals surface area contributed by atoms with Crippen LogP contribution in [0.15, 0.2) is 73.1 Å². The van der Waals surface area contributed by atoms with Crippen LogP contribution in [0.1, 0.15) is 23.6 Å². The Kier molecular flexibility index (Phi) is 4.75. The van der Waals surface area contributed by atoms with Crippen LogP contribution in [0, 0.1) is 12.7 Å². The molecular weight excluding hydrogens is 303 g/mol. The Bertz CT molecular complexity index is 810. The zero-order valence-corrected chi connectivity index (χ0v) is 13.4. The standard InChI is InChI=1S/C20H19FN2O/c1-15-6-2-3-7-18(15)22-20(24)14-19(23-12-4-5-13-23)16-8-10-17(21)11-9-16/h2-13,19H,14H2,1H3,(H,22,24)/t19-/m1/s1. The summed E-state index contributed by atoms with van der Waals surface area (Å²) in [6.45, 7) is 1.96. The Morgan fingerprint density at radius 2 is 1.71 bits per heavy atom. The van der Waals surface area contributed by atoms with Crippen molar-refractivity contribution >= 4 is 11.6 Å². The molecule has 0 radical (unpaired) electrons. The van der Waals surface area contributed by atoms with Crippen molar-refractivity contribution in [3.05, 3.63) is 90.0 Å². The summed E-state index contributed by atoms with van der Waals surface area (Å²) in [7, 11) is 0. The van der Waals surface area contributed by atoms with Crippen molar-refractivity contribution in [3.8, 4) is 0 Å². The van der Waals surface area contributed by atoms with Crippen LogP contribution in [0.5, 0.6) is 0 Å². The van der Waals surface area contributed by atoms with Crippen LogP contribution < -0.4 is 5.32 Å². The quantitative estimate of drug-likeness (QED) is 0.734. The highest BCUT2D eigenvalue weighted by Gasteiger charge is 2.18. The van der Waals surface area contributed by atoms with Gasteiger partial charge in [0.15, 0.2) is 0 Å². The number of aromatic nitrogens is 1. The van der Waals surface area contributed by atoms with E-state index in [0.29, 0.717) is 0 Å². The second-order valence-corrected chi connectivity index (χ2v) is 5.76. The molecule has 0 fully saturated rings. The number of benzene rings is 2. The molecule has 1 amide bonds. The Balaban J connectivity index is 1.81. The van der Waals surface area contributed by atoms with Crippen molar-refractivity contribution in [1.82, 2.24) is 4.57 Å². The second kappa shape index (κ2) is 7.13. The highest BCUT2D eigenvalue weighted by atomic mass is 19.1. The summed E-state index contributed by atoms with van der Waals surface area (Å²) in [5.41, 5.74) is 2.73. The highest BCUT2D eigenvalue weighted by Crippen LogP contribution is 2.24. The SMILES string of the molecule is Cc1ccccc1NC(=O)C[C@H](c1ccc(F)cc1)n1cccc1. The van der Waals surface area contributed by atoms with Gasteiger partial charge in [0.2, 0.25) is 5.91 Å². The van der Waals surface area contributed by atoms with Crippen molar-refractivity contribution in [2.24, 2.45) is 0 Å². The van der Waals surface area contributed by atoms with E-state index in [9.17, 15) is 9.18 Å². The number of carbonyl (C=O) groups excluding carboxylic acids is 1. The summed E-state index contributed by atoms with van der Waals surface area (Å²) in [4.78, 5) is 12.5. The number of amides is 1. The van der Waals surface area contributed by atoms with Crippen LogP contribution in [0.25, 0.3) is 0 Å². The molecule has 3 rings (SSSR count). The third-order valence-electron chi connectivity index (χ3n) is 4.04. The van der Waals surface area contributed by atoms with Crippen LogP contribution in [0.3, 0.4) is 0 Å². The molecule has 1 atom stereocenters. The average Bonchev–Trinajstić information content (AvgIpc) is 3.10.